The second-order valence-corrected chi connectivity index (χ2v) is 5.56. The molecule has 7 heteroatoms. The van der Waals surface area contributed by atoms with Crippen molar-refractivity contribution in [3.8, 4) is 0 Å². The molecule has 0 aromatic carbocycles. The molecule has 0 fully saturated rings. The summed E-state index contributed by atoms with van der Waals surface area (Å²) in [7, 11) is 0. The minimum absolute atomic E-state index is 0.000183. The van der Waals surface area contributed by atoms with Gasteiger partial charge in [0.2, 0.25) is 0 Å². The summed E-state index contributed by atoms with van der Waals surface area (Å²) >= 11 is 0. The fourth-order valence-corrected chi connectivity index (χ4v) is 2.14. The van der Waals surface area contributed by atoms with Gasteiger partial charge in [-0.15, -0.1) is 0 Å². The average molecular weight is 313 g/mol. The molecule has 0 spiro atoms. The maximum Gasteiger partial charge on any atom is 0.319 e. The van der Waals surface area contributed by atoms with Gasteiger partial charge in [-0.1, -0.05) is 19.1 Å². The zero-order valence-electron chi connectivity index (χ0n) is 12.1. The molecule has 0 aromatic rings. The van der Waals surface area contributed by atoms with Crippen LogP contribution in [0, 0.1) is 11.8 Å². The maximum atomic E-state index is 12.6. The molecule has 0 aromatic heterocycles. The van der Waals surface area contributed by atoms with Crippen LogP contribution in [-0.2, 0) is 4.74 Å². The zero-order chi connectivity index (χ0) is 15.9. The highest BCUT2D eigenvalue weighted by atomic mass is 19.3. The first-order valence-corrected chi connectivity index (χ1v) is 7.10. The van der Waals surface area contributed by atoms with Gasteiger partial charge >= 0.3 is 12.3 Å². The average Bonchev–Trinajstić information content (AvgIpc) is 2.40. The summed E-state index contributed by atoms with van der Waals surface area (Å²) in [6, 6.07) is 0. The van der Waals surface area contributed by atoms with Crippen molar-refractivity contribution in [1.82, 2.24) is 5.32 Å². The number of allylic oxidation sites excluding steroid dienone is 2. The quantitative estimate of drug-likeness (QED) is 0.507. The van der Waals surface area contributed by atoms with Gasteiger partial charge in [-0.3, -0.25) is 0 Å². The number of halogens is 4. The Kier molecular flexibility index (Phi) is 7.62. The zero-order valence-corrected chi connectivity index (χ0v) is 12.1. The normalized spacial score (nSPS) is 24.5. The highest BCUT2D eigenvalue weighted by Gasteiger charge is 2.40. The van der Waals surface area contributed by atoms with E-state index in [1.54, 1.807) is 0 Å². The minimum atomic E-state index is -4.08. The van der Waals surface area contributed by atoms with Crippen LogP contribution >= 0.6 is 0 Å². The SMILES string of the molecule is CC1CC=CCC1COCC(O)CNCC(F)(F)C(F)F. The smallest absolute Gasteiger partial charge is 0.319 e. The Balaban J connectivity index is 2.11. The predicted molar refractivity (Wildman–Crippen MR) is 71.7 cm³/mol. The summed E-state index contributed by atoms with van der Waals surface area (Å²) in [6.07, 6.45) is 1.45. The van der Waals surface area contributed by atoms with E-state index in [2.05, 4.69) is 24.4 Å². The van der Waals surface area contributed by atoms with Crippen molar-refractivity contribution in [1.29, 1.82) is 0 Å². The second-order valence-electron chi connectivity index (χ2n) is 5.56. The van der Waals surface area contributed by atoms with Crippen molar-refractivity contribution in [2.45, 2.75) is 38.2 Å². The van der Waals surface area contributed by atoms with Crippen molar-refractivity contribution in [3.05, 3.63) is 12.2 Å². The summed E-state index contributed by atoms with van der Waals surface area (Å²) in [5.74, 6) is -3.18. The monoisotopic (exact) mass is 313 g/mol. The molecule has 124 valence electrons. The fourth-order valence-electron chi connectivity index (χ4n) is 2.14. The first-order valence-electron chi connectivity index (χ1n) is 7.10. The summed E-state index contributed by atoms with van der Waals surface area (Å²) in [5.41, 5.74) is 0. The minimum Gasteiger partial charge on any atom is -0.389 e. The van der Waals surface area contributed by atoms with Gasteiger partial charge in [-0.05, 0) is 24.7 Å². The Labute approximate surface area is 122 Å². The molecular formula is C14H23F4NO2. The van der Waals surface area contributed by atoms with Gasteiger partial charge in [0.05, 0.1) is 25.9 Å². The van der Waals surface area contributed by atoms with Crippen LogP contribution in [0.2, 0.25) is 0 Å². The fraction of sp³-hybridized carbons (Fsp3) is 0.857. The molecule has 3 unspecified atom stereocenters. The predicted octanol–water partition coefficient (Wildman–Crippen LogP) is 2.46. The van der Waals surface area contributed by atoms with Crippen LogP contribution < -0.4 is 5.32 Å². The molecule has 0 saturated carbocycles. The third-order valence-electron chi connectivity index (χ3n) is 3.62. The van der Waals surface area contributed by atoms with E-state index in [0.717, 1.165) is 12.8 Å². The van der Waals surface area contributed by atoms with E-state index in [1.165, 1.54) is 0 Å². The molecule has 0 amide bonds. The molecule has 3 nitrogen and oxygen atoms in total. The number of rotatable bonds is 9. The van der Waals surface area contributed by atoms with Gasteiger partial charge in [-0.25, -0.2) is 8.78 Å². The standard InChI is InChI=1S/C14H23F4NO2/c1-10-4-2-3-5-11(10)7-21-8-12(20)6-19-9-14(17,18)13(15)16/h2-3,10-13,19-20H,4-9H2,1H3. The Morgan fingerprint density at radius 1 is 1.33 bits per heavy atom. The highest BCUT2D eigenvalue weighted by molar-refractivity contribution is 4.93. The number of hydrogen-bond acceptors (Lipinski definition) is 3. The van der Waals surface area contributed by atoms with E-state index >= 15 is 0 Å². The lowest BCUT2D eigenvalue weighted by atomic mass is 9.85. The molecular weight excluding hydrogens is 290 g/mol. The van der Waals surface area contributed by atoms with E-state index in [4.69, 9.17) is 4.74 Å². The molecule has 21 heavy (non-hydrogen) atoms. The molecule has 1 rings (SSSR count). The Bertz CT molecular complexity index is 326. The molecule has 0 heterocycles. The van der Waals surface area contributed by atoms with E-state index in [0.29, 0.717) is 18.4 Å². The summed E-state index contributed by atoms with van der Waals surface area (Å²) in [6.45, 7) is 1.26. The van der Waals surface area contributed by atoms with E-state index in [1.807, 2.05) is 0 Å². The summed E-state index contributed by atoms with van der Waals surface area (Å²) in [5, 5.41) is 11.7. The Hall–Kier alpha value is -0.660. The largest absolute Gasteiger partial charge is 0.389 e. The van der Waals surface area contributed by atoms with Gasteiger partial charge in [-0.2, -0.15) is 8.78 Å². The van der Waals surface area contributed by atoms with Gasteiger partial charge in [0, 0.05) is 6.54 Å². The van der Waals surface area contributed by atoms with Crippen LogP contribution in [0.5, 0.6) is 0 Å². The molecule has 1 aliphatic rings. The van der Waals surface area contributed by atoms with Crippen LogP contribution in [0.1, 0.15) is 19.8 Å². The summed E-state index contributed by atoms with van der Waals surface area (Å²) < 4.78 is 54.4. The number of aliphatic hydroxyl groups is 1. The third kappa shape index (κ3) is 6.76. The van der Waals surface area contributed by atoms with E-state index < -0.39 is 25.0 Å². The van der Waals surface area contributed by atoms with Crippen LogP contribution in [0.15, 0.2) is 12.2 Å². The Morgan fingerprint density at radius 3 is 2.62 bits per heavy atom. The van der Waals surface area contributed by atoms with Gasteiger partial charge in [0.25, 0.3) is 0 Å². The van der Waals surface area contributed by atoms with Crippen molar-refractivity contribution in [3.63, 3.8) is 0 Å². The molecule has 0 radical (unpaired) electrons. The molecule has 2 N–H and O–H groups in total. The molecule has 0 saturated heterocycles. The Morgan fingerprint density at radius 2 is 2.00 bits per heavy atom. The number of alkyl halides is 4. The van der Waals surface area contributed by atoms with E-state index in [-0.39, 0.29) is 13.2 Å². The van der Waals surface area contributed by atoms with Crippen molar-refractivity contribution >= 4 is 0 Å². The molecule has 0 aliphatic heterocycles. The molecule has 1 aliphatic carbocycles. The van der Waals surface area contributed by atoms with Crippen LogP contribution in [0.3, 0.4) is 0 Å². The second kappa shape index (κ2) is 8.70. The van der Waals surface area contributed by atoms with Crippen LogP contribution in [-0.4, -0.2) is 49.9 Å². The van der Waals surface area contributed by atoms with Crippen molar-refractivity contribution < 1.29 is 27.4 Å². The molecule has 3 atom stereocenters. The number of ether oxygens (including phenoxy) is 1. The number of hydrogen-bond donors (Lipinski definition) is 2. The first kappa shape index (κ1) is 18.4. The van der Waals surface area contributed by atoms with Crippen molar-refractivity contribution in [2.24, 2.45) is 11.8 Å². The summed E-state index contributed by atoms with van der Waals surface area (Å²) in [4.78, 5) is 0. The van der Waals surface area contributed by atoms with Gasteiger partial charge in [0.1, 0.15) is 0 Å². The third-order valence-corrected chi connectivity index (χ3v) is 3.62. The lowest BCUT2D eigenvalue weighted by Crippen LogP contribution is -2.42. The van der Waals surface area contributed by atoms with Crippen LogP contribution in [0.25, 0.3) is 0 Å². The van der Waals surface area contributed by atoms with E-state index in [9.17, 15) is 22.7 Å². The number of nitrogens with one attached hydrogen (secondary N) is 1. The van der Waals surface area contributed by atoms with Gasteiger partial charge in [0.15, 0.2) is 0 Å². The van der Waals surface area contributed by atoms with Crippen LogP contribution in [0.4, 0.5) is 17.6 Å². The maximum absolute atomic E-state index is 12.6. The lowest BCUT2D eigenvalue weighted by molar-refractivity contribution is -0.126. The molecule has 0 bridgehead atoms. The highest BCUT2D eigenvalue weighted by Crippen LogP contribution is 2.25. The number of aliphatic hydroxyl groups excluding tert-OH is 1. The topological polar surface area (TPSA) is 41.5 Å². The van der Waals surface area contributed by atoms with Gasteiger partial charge < -0.3 is 15.2 Å². The first-order chi connectivity index (χ1) is 9.83. The van der Waals surface area contributed by atoms with Crippen molar-refractivity contribution in [2.75, 3.05) is 26.3 Å². The lowest BCUT2D eigenvalue weighted by Gasteiger charge is -2.25.